The smallest absolute Gasteiger partial charge is 0.199 e. The number of hydrogen-bond acceptors (Lipinski definition) is 3. The van der Waals surface area contributed by atoms with Crippen molar-refractivity contribution in [2.24, 2.45) is 0 Å². The summed E-state index contributed by atoms with van der Waals surface area (Å²) in [5.74, 6) is 0.575. The first kappa shape index (κ1) is 8.83. The molecule has 5 heteroatoms. The fourth-order valence-electron chi connectivity index (χ4n) is 1.03. The largest absolute Gasteiger partial charge is 0.268 e. The van der Waals surface area contributed by atoms with Crippen LogP contribution in [0.5, 0.6) is 0 Å². The summed E-state index contributed by atoms with van der Waals surface area (Å²) in [6, 6.07) is 3.77. The van der Waals surface area contributed by atoms with E-state index < -0.39 is 0 Å². The number of aromatic amines is 1. The number of aromatic nitrogens is 4. The van der Waals surface area contributed by atoms with E-state index in [0.717, 1.165) is 11.3 Å². The maximum Gasteiger partial charge on any atom is 0.199 e. The van der Waals surface area contributed by atoms with Gasteiger partial charge in [-0.1, -0.05) is 18.7 Å². The standard InChI is InChI=1S/C9H7N4Si/c1-2-6-3-4-7(10-5-6)8-11-9(14)13-12-8/h2-5H,1H2,(H,11,12,13). The van der Waals surface area contributed by atoms with Crippen LogP contribution >= 0.6 is 0 Å². The summed E-state index contributed by atoms with van der Waals surface area (Å²) >= 11 is 0. The topological polar surface area (TPSA) is 54.5 Å². The molecule has 67 valence electrons. The first-order valence-corrected chi connectivity index (χ1v) is 4.52. The van der Waals surface area contributed by atoms with E-state index >= 15 is 0 Å². The van der Waals surface area contributed by atoms with Gasteiger partial charge in [0.05, 0.1) is 5.45 Å². The lowest BCUT2D eigenvalue weighted by Gasteiger charge is -1.94. The highest BCUT2D eigenvalue weighted by molar-refractivity contribution is 6.29. The van der Waals surface area contributed by atoms with E-state index in [1.807, 2.05) is 12.1 Å². The number of pyridine rings is 1. The maximum atomic E-state index is 4.20. The van der Waals surface area contributed by atoms with Gasteiger partial charge in [-0.25, -0.2) is 4.98 Å². The molecule has 0 amide bonds. The minimum Gasteiger partial charge on any atom is -0.268 e. The summed E-state index contributed by atoms with van der Waals surface area (Å²) in [7, 11) is 3.23. The second-order valence-electron chi connectivity index (χ2n) is 2.69. The number of hydrogen-bond donors (Lipinski definition) is 1. The molecule has 0 fully saturated rings. The summed E-state index contributed by atoms with van der Waals surface area (Å²) in [5, 5.41) is 6.66. The van der Waals surface area contributed by atoms with Crippen molar-refractivity contribution in [3.63, 3.8) is 0 Å². The molecule has 2 heterocycles. The third kappa shape index (κ3) is 1.62. The minimum absolute atomic E-state index is 0.575. The van der Waals surface area contributed by atoms with Crippen molar-refractivity contribution in [2.75, 3.05) is 0 Å². The first-order chi connectivity index (χ1) is 6.79. The van der Waals surface area contributed by atoms with Crippen molar-refractivity contribution in [3.8, 4) is 11.5 Å². The molecule has 14 heavy (non-hydrogen) atoms. The van der Waals surface area contributed by atoms with Gasteiger partial charge in [0.1, 0.15) is 15.9 Å². The predicted molar refractivity (Wildman–Crippen MR) is 55.1 cm³/mol. The average molecular weight is 199 g/mol. The zero-order chi connectivity index (χ0) is 9.97. The fourth-order valence-corrected chi connectivity index (χ4v) is 1.20. The molecular formula is C9H7N4Si. The van der Waals surface area contributed by atoms with E-state index in [1.54, 1.807) is 12.3 Å². The average Bonchev–Trinajstić information content (AvgIpc) is 2.65. The molecule has 1 N–H and O–H groups in total. The van der Waals surface area contributed by atoms with Gasteiger partial charge in [-0.15, -0.1) is 0 Å². The highest BCUT2D eigenvalue weighted by Crippen LogP contribution is 2.10. The van der Waals surface area contributed by atoms with Gasteiger partial charge in [-0.05, 0) is 11.6 Å². The Morgan fingerprint density at radius 1 is 1.43 bits per heavy atom. The third-order valence-electron chi connectivity index (χ3n) is 1.74. The molecular weight excluding hydrogens is 192 g/mol. The van der Waals surface area contributed by atoms with E-state index in [-0.39, 0.29) is 0 Å². The quantitative estimate of drug-likeness (QED) is 0.708. The van der Waals surface area contributed by atoms with Crippen molar-refractivity contribution in [2.45, 2.75) is 0 Å². The monoisotopic (exact) mass is 199 g/mol. The molecule has 2 aromatic rings. The lowest BCUT2D eigenvalue weighted by molar-refractivity contribution is 1.10. The molecule has 3 radical (unpaired) electrons. The number of rotatable bonds is 2. The Balaban J connectivity index is 2.38. The van der Waals surface area contributed by atoms with Crippen molar-refractivity contribution < 1.29 is 0 Å². The van der Waals surface area contributed by atoms with Crippen LogP contribution < -0.4 is 5.45 Å². The van der Waals surface area contributed by atoms with Gasteiger partial charge >= 0.3 is 0 Å². The van der Waals surface area contributed by atoms with E-state index in [1.165, 1.54) is 0 Å². The minimum atomic E-state index is 0.575. The first-order valence-electron chi connectivity index (χ1n) is 4.02. The normalized spacial score (nSPS) is 10.1. The lowest BCUT2D eigenvalue weighted by atomic mass is 10.2. The molecule has 0 aliphatic carbocycles. The van der Waals surface area contributed by atoms with Crippen LogP contribution in [0.15, 0.2) is 24.9 Å². The van der Waals surface area contributed by atoms with Gasteiger partial charge in [-0.3, -0.25) is 10.1 Å². The molecule has 0 spiro atoms. The van der Waals surface area contributed by atoms with E-state index in [0.29, 0.717) is 11.3 Å². The summed E-state index contributed by atoms with van der Waals surface area (Å²) in [6.45, 7) is 3.65. The van der Waals surface area contributed by atoms with Crippen molar-refractivity contribution in [1.82, 2.24) is 20.2 Å². The van der Waals surface area contributed by atoms with Crippen LogP contribution in [0.2, 0.25) is 0 Å². The fraction of sp³-hybridized carbons (Fsp3) is 0. The summed E-state index contributed by atoms with van der Waals surface area (Å²) in [6.07, 6.45) is 3.47. The molecule has 0 bridgehead atoms. The van der Waals surface area contributed by atoms with Crippen molar-refractivity contribution in [1.29, 1.82) is 0 Å². The van der Waals surface area contributed by atoms with Crippen molar-refractivity contribution in [3.05, 3.63) is 30.5 Å². The summed E-state index contributed by atoms with van der Waals surface area (Å²) in [5.41, 5.74) is 2.30. The number of nitrogens with one attached hydrogen (secondary N) is 1. The number of H-pyrrole nitrogens is 1. The summed E-state index contributed by atoms with van der Waals surface area (Å²) in [4.78, 5) is 8.29. The second-order valence-corrected chi connectivity index (χ2v) is 3.16. The lowest BCUT2D eigenvalue weighted by Crippen LogP contribution is -2.05. The third-order valence-corrected chi connectivity index (χ3v) is 1.96. The Bertz CT molecular complexity index is 446. The van der Waals surface area contributed by atoms with Gasteiger partial charge < -0.3 is 0 Å². The van der Waals surface area contributed by atoms with E-state index in [9.17, 15) is 0 Å². The van der Waals surface area contributed by atoms with Crippen LogP contribution in [-0.4, -0.2) is 30.4 Å². The Morgan fingerprint density at radius 2 is 2.29 bits per heavy atom. The van der Waals surface area contributed by atoms with Gasteiger partial charge in [0.25, 0.3) is 0 Å². The molecule has 0 saturated heterocycles. The van der Waals surface area contributed by atoms with Crippen LogP contribution in [-0.2, 0) is 0 Å². The van der Waals surface area contributed by atoms with Crippen LogP contribution in [0.1, 0.15) is 5.56 Å². The molecule has 0 aliphatic rings. The van der Waals surface area contributed by atoms with Crippen molar-refractivity contribution >= 4 is 21.8 Å². The molecule has 0 saturated carbocycles. The maximum absolute atomic E-state index is 4.20. The molecule has 2 rings (SSSR count). The summed E-state index contributed by atoms with van der Waals surface area (Å²) < 4.78 is 0. The molecule has 0 aromatic carbocycles. The van der Waals surface area contributed by atoms with Gasteiger partial charge in [0, 0.05) is 6.20 Å². The zero-order valence-corrected chi connectivity index (χ0v) is 8.36. The van der Waals surface area contributed by atoms with E-state index in [2.05, 4.69) is 37.0 Å². The molecule has 0 unspecified atom stereocenters. The van der Waals surface area contributed by atoms with Gasteiger partial charge in [0.15, 0.2) is 5.82 Å². The van der Waals surface area contributed by atoms with Crippen LogP contribution in [0.25, 0.3) is 17.6 Å². The van der Waals surface area contributed by atoms with Crippen LogP contribution in [0.4, 0.5) is 0 Å². The highest BCUT2D eigenvalue weighted by Gasteiger charge is 2.03. The van der Waals surface area contributed by atoms with Gasteiger partial charge in [-0.2, -0.15) is 5.10 Å². The number of nitrogens with zero attached hydrogens (tertiary/aromatic N) is 3. The van der Waals surface area contributed by atoms with Gasteiger partial charge in [0.2, 0.25) is 0 Å². The van der Waals surface area contributed by atoms with Crippen LogP contribution in [0, 0.1) is 0 Å². The Labute approximate surface area is 84.5 Å². The molecule has 2 aromatic heterocycles. The SMILES string of the molecule is C=Cc1ccc(-c2n[nH]c([Si])n2)nc1. The highest BCUT2D eigenvalue weighted by atomic mass is 28.1. The Hall–Kier alpha value is -1.75. The van der Waals surface area contributed by atoms with E-state index in [4.69, 9.17) is 0 Å². The zero-order valence-electron chi connectivity index (χ0n) is 7.36. The Kier molecular flexibility index (Phi) is 2.24. The molecule has 4 nitrogen and oxygen atoms in total. The molecule has 0 atom stereocenters. The predicted octanol–water partition coefficient (Wildman–Crippen LogP) is 0.303. The Morgan fingerprint density at radius 3 is 2.79 bits per heavy atom. The van der Waals surface area contributed by atoms with Crippen LogP contribution in [0.3, 0.4) is 0 Å². The molecule has 0 aliphatic heterocycles. The second kappa shape index (κ2) is 3.55.